The van der Waals surface area contributed by atoms with Gasteiger partial charge in [-0.05, 0) is 25.0 Å². The van der Waals surface area contributed by atoms with E-state index in [-0.39, 0.29) is 5.56 Å². The molecule has 1 unspecified atom stereocenters. The number of carboxylic acid groups (broad SMARTS) is 1. The van der Waals surface area contributed by atoms with Crippen LogP contribution in [0.3, 0.4) is 0 Å². The fraction of sp³-hybridized carbons (Fsp3) is 0.235. The molecule has 0 saturated heterocycles. The fourth-order valence-electron chi connectivity index (χ4n) is 2.67. The van der Waals surface area contributed by atoms with Crippen LogP contribution >= 0.6 is 11.3 Å². The van der Waals surface area contributed by atoms with Gasteiger partial charge in [0.15, 0.2) is 0 Å². The minimum absolute atomic E-state index is 0.291. The van der Waals surface area contributed by atoms with Crippen molar-refractivity contribution in [2.24, 2.45) is 0 Å². The van der Waals surface area contributed by atoms with Gasteiger partial charge >= 0.3 is 5.97 Å². The molecule has 0 aliphatic carbocycles. The maximum absolute atomic E-state index is 12.8. The number of carboxylic acids is 1. The minimum Gasteiger partial charge on any atom is -0.480 e. The highest BCUT2D eigenvalue weighted by Crippen LogP contribution is 2.31. The summed E-state index contributed by atoms with van der Waals surface area (Å²) in [6.45, 7) is 3.42. The van der Waals surface area contributed by atoms with Crippen LogP contribution in [0.1, 0.15) is 25.2 Å². The lowest BCUT2D eigenvalue weighted by atomic mass is 10.2. The Morgan fingerprint density at radius 3 is 2.65 bits per heavy atom. The van der Waals surface area contributed by atoms with E-state index in [4.69, 9.17) is 0 Å². The van der Waals surface area contributed by atoms with Crippen LogP contribution in [0.5, 0.6) is 0 Å². The van der Waals surface area contributed by atoms with Gasteiger partial charge in [0.1, 0.15) is 16.7 Å². The van der Waals surface area contributed by atoms with Gasteiger partial charge in [-0.25, -0.2) is 9.78 Å². The van der Waals surface area contributed by atoms with E-state index < -0.39 is 12.0 Å². The van der Waals surface area contributed by atoms with E-state index in [2.05, 4.69) is 4.98 Å². The average molecular weight is 328 g/mol. The molecule has 2 heterocycles. The summed E-state index contributed by atoms with van der Waals surface area (Å²) in [6.07, 6.45) is 0.332. The van der Waals surface area contributed by atoms with Crippen molar-refractivity contribution in [3.63, 3.8) is 0 Å². The molecular weight excluding hydrogens is 312 g/mol. The summed E-state index contributed by atoms with van der Waals surface area (Å²) in [7, 11) is 0. The molecule has 0 amide bonds. The largest absolute Gasteiger partial charge is 0.480 e. The van der Waals surface area contributed by atoms with Crippen molar-refractivity contribution in [2.45, 2.75) is 26.3 Å². The Hall–Kier alpha value is -2.47. The molecule has 0 fully saturated rings. The van der Waals surface area contributed by atoms with E-state index in [1.807, 2.05) is 30.3 Å². The van der Waals surface area contributed by atoms with Crippen LogP contribution in [-0.2, 0) is 4.79 Å². The predicted octanol–water partition coefficient (Wildman–Crippen LogP) is 3.47. The zero-order chi connectivity index (χ0) is 16.6. The molecule has 118 valence electrons. The summed E-state index contributed by atoms with van der Waals surface area (Å²) >= 11 is 1.44. The second-order valence-electron chi connectivity index (χ2n) is 5.29. The zero-order valence-electron chi connectivity index (χ0n) is 12.8. The Kier molecular flexibility index (Phi) is 4.00. The molecule has 0 saturated carbocycles. The number of hydrogen-bond acceptors (Lipinski definition) is 4. The van der Waals surface area contributed by atoms with Gasteiger partial charge in [0, 0.05) is 4.88 Å². The van der Waals surface area contributed by atoms with Gasteiger partial charge in [-0.3, -0.25) is 9.36 Å². The molecule has 0 radical (unpaired) electrons. The summed E-state index contributed by atoms with van der Waals surface area (Å²) in [5.74, 6) is -0.587. The Morgan fingerprint density at radius 1 is 1.35 bits per heavy atom. The first-order chi connectivity index (χ1) is 11.0. The van der Waals surface area contributed by atoms with Crippen molar-refractivity contribution in [2.75, 3.05) is 0 Å². The monoisotopic (exact) mass is 328 g/mol. The fourth-order valence-corrected chi connectivity index (χ4v) is 3.75. The third-order valence-corrected chi connectivity index (χ3v) is 4.89. The van der Waals surface area contributed by atoms with Gasteiger partial charge in [0.05, 0.1) is 5.39 Å². The van der Waals surface area contributed by atoms with Gasteiger partial charge < -0.3 is 5.11 Å². The molecule has 3 aromatic rings. The Morgan fingerprint density at radius 2 is 2.04 bits per heavy atom. The van der Waals surface area contributed by atoms with Crippen LogP contribution < -0.4 is 5.56 Å². The number of rotatable bonds is 4. The number of thiophene rings is 1. The van der Waals surface area contributed by atoms with Crippen LogP contribution in [0, 0.1) is 6.92 Å². The molecule has 6 heteroatoms. The maximum Gasteiger partial charge on any atom is 0.326 e. The van der Waals surface area contributed by atoms with E-state index in [9.17, 15) is 14.7 Å². The Bertz CT molecular complexity index is 928. The molecule has 5 nitrogen and oxygen atoms in total. The number of benzene rings is 1. The highest BCUT2D eigenvalue weighted by molar-refractivity contribution is 7.21. The molecule has 1 aromatic carbocycles. The molecule has 0 aliphatic rings. The smallest absolute Gasteiger partial charge is 0.326 e. The van der Waals surface area contributed by atoms with E-state index in [0.717, 1.165) is 10.4 Å². The first-order valence-corrected chi connectivity index (χ1v) is 8.15. The lowest BCUT2D eigenvalue weighted by Gasteiger charge is -2.15. The lowest BCUT2D eigenvalue weighted by molar-refractivity contribution is -0.141. The van der Waals surface area contributed by atoms with Crippen molar-refractivity contribution in [3.05, 3.63) is 52.6 Å². The van der Waals surface area contributed by atoms with Crippen molar-refractivity contribution in [1.29, 1.82) is 0 Å². The minimum atomic E-state index is -1.02. The lowest BCUT2D eigenvalue weighted by Crippen LogP contribution is -2.31. The third-order valence-electron chi connectivity index (χ3n) is 3.82. The summed E-state index contributed by atoms with van der Waals surface area (Å²) < 4.78 is 1.28. The molecule has 23 heavy (non-hydrogen) atoms. The number of fused-ring (bicyclic) bond motifs is 1. The van der Waals surface area contributed by atoms with Crippen molar-refractivity contribution >= 4 is 27.5 Å². The molecule has 3 rings (SSSR count). The van der Waals surface area contributed by atoms with Crippen LogP contribution in [0.4, 0.5) is 0 Å². The normalized spacial score (nSPS) is 12.4. The van der Waals surface area contributed by atoms with Crippen molar-refractivity contribution in [1.82, 2.24) is 9.55 Å². The van der Waals surface area contributed by atoms with Gasteiger partial charge in [-0.1, -0.05) is 37.3 Å². The van der Waals surface area contributed by atoms with Gasteiger partial charge in [0.25, 0.3) is 5.56 Å². The quantitative estimate of drug-likeness (QED) is 0.796. The average Bonchev–Trinajstić information content (AvgIpc) is 2.96. The van der Waals surface area contributed by atoms with Crippen LogP contribution in [0.15, 0.2) is 41.2 Å². The van der Waals surface area contributed by atoms with E-state index in [1.165, 1.54) is 15.9 Å². The van der Waals surface area contributed by atoms with Crippen LogP contribution in [-0.4, -0.2) is 20.6 Å². The van der Waals surface area contributed by atoms with E-state index in [1.54, 1.807) is 19.9 Å². The second kappa shape index (κ2) is 5.96. The first kappa shape index (κ1) is 15.4. The molecule has 1 atom stereocenters. The highest BCUT2D eigenvalue weighted by atomic mass is 32.1. The molecule has 0 spiro atoms. The van der Waals surface area contributed by atoms with E-state index >= 15 is 0 Å². The third kappa shape index (κ3) is 2.66. The van der Waals surface area contributed by atoms with Gasteiger partial charge in [0.2, 0.25) is 0 Å². The topological polar surface area (TPSA) is 72.2 Å². The standard InChI is InChI=1S/C17H16N2O3S/c1-3-13(17(21)22)19-10(2)18-15-12(16(19)20)9-14(23-15)11-7-5-4-6-8-11/h4-9,13H,3H2,1-2H3,(H,21,22). The Labute approximate surface area is 136 Å². The molecular formula is C17H16N2O3S. The summed E-state index contributed by atoms with van der Waals surface area (Å²) in [4.78, 5) is 30.2. The second-order valence-corrected chi connectivity index (χ2v) is 6.32. The number of aryl methyl sites for hydroxylation is 1. The molecule has 1 N–H and O–H groups in total. The highest BCUT2D eigenvalue weighted by Gasteiger charge is 2.23. The first-order valence-electron chi connectivity index (χ1n) is 7.33. The van der Waals surface area contributed by atoms with E-state index in [0.29, 0.717) is 22.5 Å². The molecule has 2 aromatic heterocycles. The number of aliphatic carboxylic acids is 1. The number of carbonyl (C=O) groups is 1. The summed E-state index contributed by atoms with van der Waals surface area (Å²) in [5.41, 5.74) is 0.726. The molecule has 0 aliphatic heterocycles. The zero-order valence-corrected chi connectivity index (χ0v) is 13.6. The van der Waals surface area contributed by atoms with Crippen LogP contribution in [0.2, 0.25) is 0 Å². The van der Waals surface area contributed by atoms with Gasteiger partial charge in [-0.15, -0.1) is 11.3 Å². The van der Waals surface area contributed by atoms with Crippen molar-refractivity contribution < 1.29 is 9.90 Å². The number of hydrogen-bond donors (Lipinski definition) is 1. The number of nitrogens with zero attached hydrogens (tertiary/aromatic N) is 2. The SMILES string of the molecule is CCC(C(=O)O)n1c(C)nc2sc(-c3ccccc3)cc2c1=O. The Balaban J connectivity index is 2.23. The van der Waals surface area contributed by atoms with Gasteiger partial charge in [-0.2, -0.15) is 0 Å². The molecule has 0 bridgehead atoms. The number of aromatic nitrogens is 2. The predicted molar refractivity (Wildman–Crippen MR) is 91.0 cm³/mol. The van der Waals surface area contributed by atoms with Crippen molar-refractivity contribution in [3.8, 4) is 10.4 Å². The maximum atomic E-state index is 12.8. The van der Waals surface area contributed by atoms with Crippen LogP contribution in [0.25, 0.3) is 20.7 Å². The summed E-state index contributed by atoms with van der Waals surface area (Å²) in [6, 6.07) is 10.7. The summed E-state index contributed by atoms with van der Waals surface area (Å²) in [5, 5.41) is 9.82.